The molecule has 2 aliphatic rings. The van der Waals surface area contributed by atoms with E-state index in [4.69, 9.17) is 5.10 Å². The maximum Gasteiger partial charge on any atom is 0.116 e. The first-order chi connectivity index (χ1) is 14.9. The van der Waals surface area contributed by atoms with E-state index in [9.17, 15) is 10.4 Å². The van der Waals surface area contributed by atoms with E-state index in [1.54, 1.807) is 12.5 Å². The smallest absolute Gasteiger partial charge is 0.116 e. The normalized spacial score (nSPS) is 25.0. The molecule has 7 nitrogen and oxygen atoms in total. The summed E-state index contributed by atoms with van der Waals surface area (Å²) in [5, 5.41) is 25.4. The maximum absolute atomic E-state index is 10.6. The number of nitrogens with zero attached hydrogens (tertiary/aromatic N) is 6. The number of aliphatic hydroxyl groups excluding tert-OH is 1. The Bertz CT molecular complexity index is 1220. The highest BCUT2D eigenvalue weighted by molar-refractivity contribution is 5.63. The lowest BCUT2D eigenvalue weighted by atomic mass is 9.56. The number of hydrogen-bond donors (Lipinski definition) is 1. The van der Waals surface area contributed by atoms with Crippen LogP contribution in [0.25, 0.3) is 17.1 Å². The van der Waals surface area contributed by atoms with E-state index in [0.29, 0.717) is 12.0 Å². The molecule has 0 radical (unpaired) electrons. The predicted molar refractivity (Wildman–Crippen MR) is 115 cm³/mol. The Morgan fingerprint density at radius 2 is 2.10 bits per heavy atom. The SMILES string of the molecule is Cc1ccc(-n2nc(-c3ccncn3)c3c2[C@]2(C)CC(C#N)=C(O)[C@H](C)[C@H]2CC3)cn1. The molecule has 0 unspecified atom stereocenters. The third-order valence-corrected chi connectivity index (χ3v) is 7.04. The second-order valence-electron chi connectivity index (χ2n) is 8.84. The quantitative estimate of drug-likeness (QED) is 0.676. The first-order valence-electron chi connectivity index (χ1n) is 10.6. The van der Waals surface area contributed by atoms with Crippen molar-refractivity contribution in [3.05, 3.63) is 65.2 Å². The van der Waals surface area contributed by atoms with Crippen molar-refractivity contribution < 1.29 is 5.11 Å². The van der Waals surface area contributed by atoms with Crippen molar-refractivity contribution in [2.24, 2.45) is 11.8 Å². The van der Waals surface area contributed by atoms with Crippen molar-refractivity contribution in [1.29, 1.82) is 5.26 Å². The fourth-order valence-electron chi connectivity index (χ4n) is 5.51. The summed E-state index contributed by atoms with van der Waals surface area (Å²) in [4.78, 5) is 13.0. The summed E-state index contributed by atoms with van der Waals surface area (Å²) >= 11 is 0. The molecule has 31 heavy (non-hydrogen) atoms. The molecule has 3 aromatic rings. The third-order valence-electron chi connectivity index (χ3n) is 7.04. The molecule has 0 bridgehead atoms. The van der Waals surface area contributed by atoms with E-state index in [2.05, 4.69) is 27.9 Å². The fourth-order valence-corrected chi connectivity index (χ4v) is 5.51. The van der Waals surface area contributed by atoms with Gasteiger partial charge in [0.15, 0.2) is 0 Å². The van der Waals surface area contributed by atoms with Crippen molar-refractivity contribution in [2.75, 3.05) is 0 Å². The topological polar surface area (TPSA) is 101 Å². The molecule has 0 aromatic carbocycles. The van der Waals surface area contributed by atoms with Crippen molar-refractivity contribution >= 4 is 0 Å². The minimum absolute atomic E-state index is 0.0801. The number of aliphatic hydroxyl groups is 1. The summed E-state index contributed by atoms with van der Waals surface area (Å²) < 4.78 is 1.98. The van der Waals surface area contributed by atoms with Crippen molar-refractivity contribution in [3.8, 4) is 23.1 Å². The Balaban J connectivity index is 1.78. The number of aryl methyl sites for hydroxylation is 1. The Labute approximate surface area is 181 Å². The van der Waals surface area contributed by atoms with Crippen molar-refractivity contribution in [1.82, 2.24) is 24.7 Å². The molecule has 5 rings (SSSR count). The van der Waals surface area contributed by atoms with Gasteiger partial charge in [0.25, 0.3) is 0 Å². The minimum atomic E-state index is -0.340. The van der Waals surface area contributed by atoms with E-state index in [0.717, 1.165) is 46.9 Å². The minimum Gasteiger partial charge on any atom is -0.511 e. The number of hydrogen-bond acceptors (Lipinski definition) is 6. The van der Waals surface area contributed by atoms with Crippen LogP contribution in [0, 0.1) is 30.1 Å². The second-order valence-corrected chi connectivity index (χ2v) is 8.84. The van der Waals surface area contributed by atoms with Gasteiger partial charge in [0, 0.05) is 28.8 Å². The molecule has 2 aliphatic carbocycles. The number of aromatic nitrogens is 5. The molecule has 0 aliphatic heterocycles. The molecule has 0 fully saturated rings. The van der Waals surface area contributed by atoms with E-state index in [-0.39, 0.29) is 23.0 Å². The average molecular weight is 412 g/mol. The van der Waals surface area contributed by atoms with Gasteiger partial charge in [-0.15, -0.1) is 0 Å². The van der Waals surface area contributed by atoms with E-state index >= 15 is 0 Å². The number of rotatable bonds is 2. The Morgan fingerprint density at radius 3 is 2.77 bits per heavy atom. The van der Waals surface area contributed by atoms with Crippen LogP contribution in [0.5, 0.6) is 0 Å². The van der Waals surface area contributed by atoms with Crippen LogP contribution in [0.15, 0.2) is 48.3 Å². The van der Waals surface area contributed by atoms with Gasteiger partial charge in [-0.1, -0.05) is 13.8 Å². The summed E-state index contributed by atoms with van der Waals surface area (Å²) in [6.07, 6.45) is 7.36. The van der Waals surface area contributed by atoms with Crippen LogP contribution in [-0.4, -0.2) is 29.8 Å². The van der Waals surface area contributed by atoms with Crippen LogP contribution >= 0.6 is 0 Å². The van der Waals surface area contributed by atoms with Gasteiger partial charge in [-0.25, -0.2) is 14.6 Å². The number of allylic oxidation sites excluding steroid dienone is 2. The molecule has 156 valence electrons. The largest absolute Gasteiger partial charge is 0.511 e. The molecule has 0 saturated carbocycles. The van der Waals surface area contributed by atoms with Crippen molar-refractivity contribution in [2.45, 2.75) is 45.4 Å². The Morgan fingerprint density at radius 1 is 1.26 bits per heavy atom. The molecule has 0 amide bonds. The zero-order chi connectivity index (χ0) is 21.8. The lowest BCUT2D eigenvalue weighted by Gasteiger charge is -2.47. The predicted octanol–water partition coefficient (Wildman–Crippen LogP) is 4.23. The monoisotopic (exact) mass is 412 g/mol. The molecule has 3 heterocycles. The zero-order valence-electron chi connectivity index (χ0n) is 17.9. The van der Waals surface area contributed by atoms with Gasteiger partial charge < -0.3 is 5.11 Å². The molecule has 0 spiro atoms. The van der Waals surface area contributed by atoms with Gasteiger partial charge in [0.2, 0.25) is 0 Å². The number of fused-ring (bicyclic) bond motifs is 3. The highest BCUT2D eigenvalue weighted by Crippen LogP contribution is 2.54. The molecule has 3 atom stereocenters. The fraction of sp³-hybridized carbons (Fsp3) is 0.375. The summed E-state index contributed by atoms with van der Waals surface area (Å²) in [5.74, 6) is 0.375. The highest BCUT2D eigenvalue weighted by Gasteiger charge is 2.51. The lowest BCUT2D eigenvalue weighted by molar-refractivity contribution is 0.134. The summed E-state index contributed by atoms with van der Waals surface area (Å²) in [6.45, 7) is 6.19. The lowest BCUT2D eigenvalue weighted by Crippen LogP contribution is -2.45. The first kappa shape index (κ1) is 19.4. The summed E-state index contributed by atoms with van der Waals surface area (Å²) in [6, 6.07) is 8.13. The second kappa shape index (κ2) is 7.02. The van der Waals surface area contributed by atoms with Gasteiger partial charge in [-0.2, -0.15) is 10.4 Å². The molecule has 0 saturated heterocycles. The van der Waals surface area contributed by atoms with Crippen LogP contribution in [0.1, 0.15) is 43.6 Å². The number of pyridine rings is 1. The average Bonchev–Trinajstić information content (AvgIpc) is 3.18. The maximum atomic E-state index is 10.6. The Hall–Kier alpha value is -3.53. The molecule has 1 N–H and O–H groups in total. The van der Waals surface area contributed by atoms with Gasteiger partial charge in [0.05, 0.1) is 34.9 Å². The summed E-state index contributed by atoms with van der Waals surface area (Å²) in [5.41, 5.74) is 5.84. The highest BCUT2D eigenvalue weighted by atomic mass is 16.3. The molecular weight excluding hydrogens is 388 g/mol. The first-order valence-corrected chi connectivity index (χ1v) is 10.6. The van der Waals surface area contributed by atoms with Gasteiger partial charge in [-0.05, 0) is 50.3 Å². The third kappa shape index (κ3) is 2.86. The van der Waals surface area contributed by atoms with E-state index in [1.165, 1.54) is 0 Å². The van der Waals surface area contributed by atoms with Gasteiger partial charge in [-0.3, -0.25) is 4.98 Å². The zero-order valence-corrected chi connectivity index (χ0v) is 17.9. The van der Waals surface area contributed by atoms with Crippen LogP contribution in [0.2, 0.25) is 0 Å². The molecule has 3 aromatic heterocycles. The van der Waals surface area contributed by atoms with Crippen molar-refractivity contribution in [3.63, 3.8) is 0 Å². The van der Waals surface area contributed by atoms with Gasteiger partial charge in [0.1, 0.15) is 17.8 Å². The summed E-state index contributed by atoms with van der Waals surface area (Å²) in [7, 11) is 0. The van der Waals surface area contributed by atoms with Crippen LogP contribution in [0.3, 0.4) is 0 Å². The van der Waals surface area contributed by atoms with Crippen LogP contribution in [-0.2, 0) is 11.8 Å². The van der Waals surface area contributed by atoms with E-state index < -0.39 is 0 Å². The van der Waals surface area contributed by atoms with Crippen LogP contribution < -0.4 is 0 Å². The van der Waals surface area contributed by atoms with Gasteiger partial charge >= 0.3 is 0 Å². The van der Waals surface area contributed by atoms with Crippen LogP contribution in [0.4, 0.5) is 0 Å². The molecular formula is C24H24N6O. The molecule has 7 heteroatoms. The standard InChI is InChI=1S/C24H24N6O/c1-14-4-5-17(12-27-14)30-23-18(21(29-30)20-8-9-26-13-28-20)6-7-19-15(2)22(31)16(11-25)10-24(19,23)3/h4-5,8-9,12-13,15,19,31H,6-7,10H2,1-3H3/t15-,19-,24-/m1/s1. The Kier molecular flexibility index (Phi) is 4.40. The number of nitriles is 1. The van der Waals surface area contributed by atoms with E-state index in [1.807, 2.05) is 42.9 Å².